The van der Waals surface area contributed by atoms with Crippen molar-refractivity contribution in [3.8, 4) is 11.5 Å². The zero-order valence-electron chi connectivity index (χ0n) is 10.5. The number of hydrogen-bond donors (Lipinski definition) is 0. The van der Waals surface area contributed by atoms with Crippen LogP contribution >= 0.6 is 0 Å². The van der Waals surface area contributed by atoms with Crippen molar-refractivity contribution in [1.82, 2.24) is 0 Å². The number of benzene rings is 2. The molecule has 1 aliphatic rings. The van der Waals surface area contributed by atoms with E-state index in [1.165, 1.54) is 0 Å². The molecule has 0 aliphatic carbocycles. The fourth-order valence-corrected chi connectivity index (χ4v) is 2.17. The summed E-state index contributed by atoms with van der Waals surface area (Å²) >= 11 is 0. The van der Waals surface area contributed by atoms with E-state index >= 15 is 0 Å². The second-order valence-corrected chi connectivity index (χ2v) is 4.49. The molecule has 3 rings (SSSR count). The molecule has 0 N–H and O–H groups in total. The zero-order chi connectivity index (χ0) is 13.1. The molecule has 0 radical (unpaired) electrons. The van der Waals surface area contributed by atoms with E-state index < -0.39 is 0 Å². The van der Waals surface area contributed by atoms with Crippen LogP contribution in [0.1, 0.15) is 21.5 Å². The minimum atomic E-state index is 0.460. The van der Waals surface area contributed by atoms with Crippen LogP contribution in [0.15, 0.2) is 42.5 Å². The monoisotopic (exact) mass is 254 g/mol. The number of fused-ring (bicyclic) bond motifs is 1. The molecule has 0 amide bonds. The van der Waals surface area contributed by atoms with Crippen molar-refractivity contribution >= 4 is 6.29 Å². The second-order valence-electron chi connectivity index (χ2n) is 4.49. The predicted octanol–water partition coefficient (Wildman–Crippen LogP) is 3.01. The van der Waals surface area contributed by atoms with E-state index in [1.54, 1.807) is 6.07 Å². The molecule has 3 heteroatoms. The van der Waals surface area contributed by atoms with Crippen molar-refractivity contribution < 1.29 is 14.3 Å². The number of hydrogen-bond acceptors (Lipinski definition) is 3. The largest absolute Gasteiger partial charge is 0.493 e. The van der Waals surface area contributed by atoms with Crippen LogP contribution in [0.4, 0.5) is 0 Å². The quantitative estimate of drug-likeness (QED) is 0.787. The first-order valence-corrected chi connectivity index (χ1v) is 6.28. The van der Waals surface area contributed by atoms with Crippen LogP contribution in [0.5, 0.6) is 11.5 Å². The van der Waals surface area contributed by atoms with Gasteiger partial charge < -0.3 is 9.47 Å². The molecule has 1 aliphatic heterocycles. The Kier molecular flexibility index (Phi) is 3.19. The van der Waals surface area contributed by atoms with Gasteiger partial charge in [-0.1, -0.05) is 30.3 Å². The van der Waals surface area contributed by atoms with E-state index in [1.807, 2.05) is 36.4 Å². The van der Waals surface area contributed by atoms with E-state index in [4.69, 9.17) is 9.47 Å². The molecule has 0 saturated heterocycles. The van der Waals surface area contributed by atoms with Gasteiger partial charge in [-0.25, -0.2) is 0 Å². The SMILES string of the molecule is O=Cc1cc2c(cc1OCc1ccccc1)CCO2. The Morgan fingerprint density at radius 3 is 2.84 bits per heavy atom. The first kappa shape index (κ1) is 11.8. The van der Waals surface area contributed by atoms with Crippen molar-refractivity contribution in [2.24, 2.45) is 0 Å². The van der Waals surface area contributed by atoms with Crippen LogP contribution in [0.2, 0.25) is 0 Å². The third-order valence-electron chi connectivity index (χ3n) is 3.19. The molecule has 0 fully saturated rings. The van der Waals surface area contributed by atoms with E-state index in [0.29, 0.717) is 24.5 Å². The maximum atomic E-state index is 11.1. The number of carbonyl (C=O) groups is 1. The topological polar surface area (TPSA) is 35.5 Å². The van der Waals surface area contributed by atoms with Gasteiger partial charge in [-0.2, -0.15) is 0 Å². The minimum absolute atomic E-state index is 0.460. The molecule has 96 valence electrons. The highest BCUT2D eigenvalue weighted by molar-refractivity contribution is 5.80. The molecule has 2 aromatic rings. The van der Waals surface area contributed by atoms with Crippen LogP contribution < -0.4 is 9.47 Å². The lowest BCUT2D eigenvalue weighted by Gasteiger charge is -2.10. The fraction of sp³-hybridized carbons (Fsp3) is 0.188. The zero-order valence-corrected chi connectivity index (χ0v) is 10.5. The number of aldehydes is 1. The maximum Gasteiger partial charge on any atom is 0.153 e. The van der Waals surface area contributed by atoms with Crippen molar-refractivity contribution in [3.05, 3.63) is 59.2 Å². The van der Waals surface area contributed by atoms with Crippen LogP contribution in [0.3, 0.4) is 0 Å². The Labute approximate surface area is 111 Å². The summed E-state index contributed by atoms with van der Waals surface area (Å²) < 4.78 is 11.2. The Morgan fingerprint density at radius 1 is 1.21 bits per heavy atom. The lowest BCUT2D eigenvalue weighted by atomic mass is 10.1. The molecule has 1 heterocycles. The normalized spacial score (nSPS) is 12.6. The van der Waals surface area contributed by atoms with Crippen LogP contribution in [-0.2, 0) is 13.0 Å². The summed E-state index contributed by atoms with van der Waals surface area (Å²) in [7, 11) is 0. The molecule has 0 spiro atoms. The van der Waals surface area contributed by atoms with Crippen LogP contribution in [0.25, 0.3) is 0 Å². The summed E-state index contributed by atoms with van der Waals surface area (Å²) in [5, 5.41) is 0. The van der Waals surface area contributed by atoms with Crippen molar-refractivity contribution in [1.29, 1.82) is 0 Å². The van der Waals surface area contributed by atoms with Crippen LogP contribution in [-0.4, -0.2) is 12.9 Å². The van der Waals surface area contributed by atoms with E-state index in [-0.39, 0.29) is 0 Å². The van der Waals surface area contributed by atoms with Gasteiger partial charge in [0.15, 0.2) is 6.29 Å². The van der Waals surface area contributed by atoms with Gasteiger partial charge in [0.2, 0.25) is 0 Å². The third kappa shape index (κ3) is 2.45. The summed E-state index contributed by atoms with van der Waals surface area (Å²) in [6.07, 6.45) is 1.68. The van der Waals surface area contributed by atoms with E-state index in [9.17, 15) is 4.79 Å². The lowest BCUT2D eigenvalue weighted by molar-refractivity contribution is 0.111. The number of ether oxygens (including phenoxy) is 2. The summed E-state index contributed by atoms with van der Waals surface area (Å²) in [6, 6.07) is 13.6. The predicted molar refractivity (Wildman–Crippen MR) is 71.8 cm³/mol. The summed E-state index contributed by atoms with van der Waals surface area (Å²) in [5.74, 6) is 1.43. The van der Waals surface area contributed by atoms with Crippen molar-refractivity contribution in [2.75, 3.05) is 6.61 Å². The average molecular weight is 254 g/mol. The Morgan fingerprint density at radius 2 is 2.05 bits per heavy atom. The smallest absolute Gasteiger partial charge is 0.153 e. The molecule has 3 nitrogen and oxygen atoms in total. The van der Waals surface area contributed by atoms with Crippen molar-refractivity contribution in [3.63, 3.8) is 0 Å². The molecular weight excluding hydrogens is 240 g/mol. The maximum absolute atomic E-state index is 11.1. The molecule has 0 aromatic heterocycles. The van der Waals surface area contributed by atoms with Crippen LogP contribution in [0, 0.1) is 0 Å². The van der Waals surface area contributed by atoms with Gasteiger partial charge in [0, 0.05) is 12.0 Å². The molecular formula is C16H14O3. The van der Waals surface area contributed by atoms with Gasteiger partial charge in [0.1, 0.15) is 18.1 Å². The average Bonchev–Trinajstić information content (AvgIpc) is 2.92. The third-order valence-corrected chi connectivity index (χ3v) is 3.19. The summed E-state index contributed by atoms with van der Waals surface area (Å²) in [5.41, 5.74) is 2.72. The van der Waals surface area contributed by atoms with Gasteiger partial charge in [0.05, 0.1) is 12.2 Å². The standard InChI is InChI=1S/C16H14O3/c17-10-14-9-15-13(6-7-18-15)8-16(14)19-11-12-4-2-1-3-5-12/h1-5,8-10H,6-7,11H2. The Bertz CT molecular complexity index is 590. The second kappa shape index (κ2) is 5.14. The Hall–Kier alpha value is -2.29. The highest BCUT2D eigenvalue weighted by atomic mass is 16.5. The number of carbonyl (C=O) groups excluding carboxylic acids is 1. The van der Waals surface area contributed by atoms with Gasteiger partial charge >= 0.3 is 0 Å². The molecule has 19 heavy (non-hydrogen) atoms. The highest BCUT2D eigenvalue weighted by Crippen LogP contribution is 2.32. The lowest BCUT2D eigenvalue weighted by Crippen LogP contribution is -1.99. The molecule has 0 atom stereocenters. The highest BCUT2D eigenvalue weighted by Gasteiger charge is 2.16. The van der Waals surface area contributed by atoms with E-state index in [2.05, 4.69) is 0 Å². The summed E-state index contributed by atoms with van der Waals surface area (Å²) in [6.45, 7) is 1.14. The molecule has 2 aromatic carbocycles. The molecule has 0 bridgehead atoms. The van der Waals surface area contributed by atoms with E-state index in [0.717, 1.165) is 29.6 Å². The summed E-state index contributed by atoms with van der Waals surface area (Å²) in [4.78, 5) is 11.1. The first-order chi connectivity index (χ1) is 9.36. The van der Waals surface area contributed by atoms with Gasteiger partial charge in [0.25, 0.3) is 0 Å². The minimum Gasteiger partial charge on any atom is -0.493 e. The number of rotatable bonds is 4. The van der Waals surface area contributed by atoms with Gasteiger partial charge in [-0.3, -0.25) is 4.79 Å². The van der Waals surface area contributed by atoms with Gasteiger partial charge in [-0.05, 0) is 17.7 Å². The molecule has 0 saturated carbocycles. The Balaban J connectivity index is 1.82. The fourth-order valence-electron chi connectivity index (χ4n) is 2.17. The van der Waals surface area contributed by atoms with Crippen molar-refractivity contribution in [2.45, 2.75) is 13.0 Å². The molecule has 0 unspecified atom stereocenters. The first-order valence-electron chi connectivity index (χ1n) is 6.28. The van der Waals surface area contributed by atoms with Gasteiger partial charge in [-0.15, -0.1) is 0 Å².